The van der Waals surface area contributed by atoms with Gasteiger partial charge < -0.3 is 14.7 Å². The molecule has 5 nitrogen and oxygen atoms in total. The Labute approximate surface area is 139 Å². The van der Waals surface area contributed by atoms with Gasteiger partial charge in [-0.05, 0) is 37.5 Å². The predicted octanol–water partition coefficient (Wildman–Crippen LogP) is 2.80. The third-order valence-electron chi connectivity index (χ3n) is 4.29. The maximum absolute atomic E-state index is 12.4. The van der Waals surface area contributed by atoms with Crippen molar-refractivity contribution in [1.82, 2.24) is 4.90 Å². The number of ketones is 1. The number of ether oxygens (including phenoxy) is 1. The Morgan fingerprint density at radius 2 is 2.09 bits per heavy atom. The van der Waals surface area contributed by atoms with Crippen LogP contribution >= 0.6 is 11.6 Å². The maximum atomic E-state index is 12.4. The van der Waals surface area contributed by atoms with Crippen LogP contribution in [0, 0.1) is 0 Å². The lowest BCUT2D eigenvalue weighted by Crippen LogP contribution is -2.37. The maximum Gasteiger partial charge on any atom is 0.290 e. The summed E-state index contributed by atoms with van der Waals surface area (Å²) in [6, 6.07) is 6.35. The quantitative estimate of drug-likeness (QED) is 0.918. The lowest BCUT2D eigenvalue weighted by Gasteiger charge is -2.28. The van der Waals surface area contributed by atoms with Gasteiger partial charge in [-0.2, -0.15) is 0 Å². The molecule has 1 aromatic rings. The van der Waals surface area contributed by atoms with E-state index in [0.29, 0.717) is 18.2 Å². The first-order valence-electron chi connectivity index (χ1n) is 7.61. The van der Waals surface area contributed by atoms with E-state index in [2.05, 4.69) is 0 Å². The van der Waals surface area contributed by atoms with Crippen molar-refractivity contribution in [3.05, 3.63) is 46.2 Å². The number of Topliss-reactive ketones (excluding diaryl/α,β-unsaturated/α-hetero) is 1. The Morgan fingerprint density at radius 1 is 1.39 bits per heavy atom. The minimum absolute atomic E-state index is 0.0622. The molecule has 0 radical (unpaired) electrons. The van der Waals surface area contributed by atoms with Crippen molar-refractivity contribution in [3.63, 3.8) is 0 Å². The van der Waals surface area contributed by atoms with Crippen LogP contribution in [0.1, 0.15) is 31.4 Å². The summed E-state index contributed by atoms with van der Waals surface area (Å²) in [6.45, 7) is 2.39. The zero-order valence-electron chi connectivity index (χ0n) is 12.8. The molecule has 0 saturated carbocycles. The molecule has 2 aliphatic rings. The Bertz CT molecular complexity index is 662. The number of carbonyl (C=O) groups is 2. The topological polar surface area (TPSA) is 66.8 Å². The van der Waals surface area contributed by atoms with Gasteiger partial charge in [0.15, 0.2) is 11.5 Å². The fraction of sp³-hybridized carbons (Fsp3) is 0.412. The van der Waals surface area contributed by atoms with Gasteiger partial charge in [0.05, 0.1) is 17.7 Å². The summed E-state index contributed by atoms with van der Waals surface area (Å²) in [6.07, 6.45) is 1.76. The lowest BCUT2D eigenvalue weighted by molar-refractivity contribution is -0.131. The van der Waals surface area contributed by atoms with Crippen LogP contribution in [0.4, 0.5) is 0 Å². The molecule has 2 unspecified atom stereocenters. The van der Waals surface area contributed by atoms with E-state index in [1.807, 2.05) is 0 Å². The molecule has 1 saturated heterocycles. The van der Waals surface area contributed by atoms with Crippen LogP contribution in [0.5, 0.6) is 0 Å². The number of hydrogen-bond acceptors (Lipinski definition) is 4. The minimum Gasteiger partial charge on any atom is -0.503 e. The van der Waals surface area contributed by atoms with E-state index in [9.17, 15) is 14.7 Å². The van der Waals surface area contributed by atoms with Gasteiger partial charge in [0.1, 0.15) is 0 Å². The monoisotopic (exact) mass is 335 g/mol. The molecule has 2 aliphatic heterocycles. The standard InChI is InChI=1S/C17H18ClNO4/c1-10(20)14-15(11-4-6-12(18)7-5-11)19(17(22)16(14)21)9-13-3-2-8-23-13/h4-7,13,15,21H,2-3,8-9H2,1H3. The van der Waals surface area contributed by atoms with Crippen LogP contribution in [0.25, 0.3) is 0 Å². The SMILES string of the molecule is CC(=O)C1=C(O)C(=O)N(CC2CCCO2)C1c1ccc(Cl)cc1. The van der Waals surface area contributed by atoms with E-state index in [4.69, 9.17) is 16.3 Å². The van der Waals surface area contributed by atoms with Crippen molar-refractivity contribution in [3.8, 4) is 0 Å². The van der Waals surface area contributed by atoms with Crippen LogP contribution in [0.15, 0.2) is 35.6 Å². The van der Waals surface area contributed by atoms with E-state index < -0.39 is 17.7 Å². The van der Waals surface area contributed by atoms with Crippen molar-refractivity contribution in [2.45, 2.75) is 31.9 Å². The largest absolute Gasteiger partial charge is 0.503 e. The van der Waals surface area contributed by atoms with Crippen molar-refractivity contribution in [2.24, 2.45) is 0 Å². The molecule has 2 heterocycles. The highest BCUT2D eigenvalue weighted by Crippen LogP contribution is 2.38. The summed E-state index contributed by atoms with van der Waals surface area (Å²) in [5.41, 5.74) is 0.880. The first-order chi connectivity index (χ1) is 11.0. The van der Waals surface area contributed by atoms with Gasteiger partial charge in [-0.1, -0.05) is 23.7 Å². The second kappa shape index (κ2) is 6.34. The molecule has 2 atom stereocenters. The summed E-state index contributed by atoms with van der Waals surface area (Å²) in [7, 11) is 0. The summed E-state index contributed by atoms with van der Waals surface area (Å²) in [5.74, 6) is -1.30. The average molecular weight is 336 g/mol. The molecule has 122 valence electrons. The fourth-order valence-corrected chi connectivity index (χ4v) is 3.33. The van der Waals surface area contributed by atoms with Gasteiger partial charge in [0.2, 0.25) is 0 Å². The molecular weight excluding hydrogens is 318 g/mol. The molecule has 0 aromatic heterocycles. The van der Waals surface area contributed by atoms with Crippen LogP contribution < -0.4 is 0 Å². The zero-order valence-corrected chi connectivity index (χ0v) is 13.5. The number of aliphatic hydroxyl groups excluding tert-OH is 1. The zero-order chi connectivity index (χ0) is 16.6. The fourth-order valence-electron chi connectivity index (χ4n) is 3.20. The Kier molecular flexibility index (Phi) is 4.41. The van der Waals surface area contributed by atoms with Crippen LogP contribution in [-0.4, -0.2) is 41.0 Å². The van der Waals surface area contributed by atoms with Crippen LogP contribution in [0.2, 0.25) is 5.02 Å². The Hall–Kier alpha value is -1.85. The van der Waals surface area contributed by atoms with E-state index in [-0.39, 0.29) is 17.5 Å². The molecule has 3 rings (SSSR count). The number of aliphatic hydroxyl groups is 1. The van der Waals surface area contributed by atoms with Crippen LogP contribution in [-0.2, 0) is 14.3 Å². The highest BCUT2D eigenvalue weighted by molar-refractivity contribution is 6.30. The summed E-state index contributed by atoms with van der Waals surface area (Å²) >= 11 is 5.92. The molecule has 1 N–H and O–H groups in total. The van der Waals surface area contributed by atoms with Gasteiger partial charge in [-0.15, -0.1) is 0 Å². The van der Waals surface area contributed by atoms with E-state index in [1.54, 1.807) is 24.3 Å². The molecule has 0 aliphatic carbocycles. The normalized spacial score (nSPS) is 24.6. The first kappa shape index (κ1) is 16.0. The van der Waals surface area contributed by atoms with Gasteiger partial charge in [-0.3, -0.25) is 9.59 Å². The lowest BCUT2D eigenvalue weighted by atomic mass is 9.96. The number of carbonyl (C=O) groups excluding carboxylic acids is 2. The number of halogens is 1. The third kappa shape index (κ3) is 2.99. The molecule has 1 amide bonds. The molecule has 6 heteroatoms. The number of rotatable bonds is 4. The Morgan fingerprint density at radius 3 is 2.65 bits per heavy atom. The van der Waals surface area contributed by atoms with E-state index >= 15 is 0 Å². The van der Waals surface area contributed by atoms with Crippen molar-refractivity contribution < 1.29 is 19.4 Å². The molecular formula is C17H18ClNO4. The molecule has 1 fully saturated rings. The number of benzene rings is 1. The second-order valence-corrected chi connectivity index (χ2v) is 6.30. The number of nitrogens with zero attached hydrogens (tertiary/aromatic N) is 1. The summed E-state index contributed by atoms with van der Waals surface area (Å²) in [4.78, 5) is 25.9. The van der Waals surface area contributed by atoms with Crippen molar-refractivity contribution in [2.75, 3.05) is 13.2 Å². The van der Waals surface area contributed by atoms with Crippen LogP contribution in [0.3, 0.4) is 0 Å². The first-order valence-corrected chi connectivity index (χ1v) is 7.99. The van der Waals surface area contributed by atoms with Crippen molar-refractivity contribution in [1.29, 1.82) is 0 Å². The second-order valence-electron chi connectivity index (χ2n) is 5.87. The smallest absolute Gasteiger partial charge is 0.290 e. The van der Waals surface area contributed by atoms with E-state index in [0.717, 1.165) is 18.4 Å². The van der Waals surface area contributed by atoms with E-state index in [1.165, 1.54) is 11.8 Å². The highest BCUT2D eigenvalue weighted by atomic mass is 35.5. The van der Waals surface area contributed by atoms with Gasteiger partial charge in [-0.25, -0.2) is 0 Å². The highest BCUT2D eigenvalue weighted by Gasteiger charge is 2.43. The number of hydrogen-bond donors (Lipinski definition) is 1. The Balaban J connectivity index is 1.98. The third-order valence-corrected chi connectivity index (χ3v) is 4.55. The predicted molar refractivity (Wildman–Crippen MR) is 85.2 cm³/mol. The average Bonchev–Trinajstić information content (AvgIpc) is 3.10. The molecule has 1 aromatic carbocycles. The van der Waals surface area contributed by atoms with Gasteiger partial charge >= 0.3 is 0 Å². The minimum atomic E-state index is -0.596. The van der Waals surface area contributed by atoms with Gasteiger partial charge in [0, 0.05) is 18.2 Å². The molecule has 23 heavy (non-hydrogen) atoms. The summed E-state index contributed by atoms with van der Waals surface area (Å²) < 4.78 is 5.60. The molecule has 0 bridgehead atoms. The van der Waals surface area contributed by atoms with Crippen molar-refractivity contribution >= 4 is 23.3 Å². The number of amides is 1. The van der Waals surface area contributed by atoms with Gasteiger partial charge in [0.25, 0.3) is 5.91 Å². The summed E-state index contributed by atoms with van der Waals surface area (Å²) in [5, 5.41) is 10.7. The molecule has 0 spiro atoms.